The molecule has 0 aromatic heterocycles. The molecule has 2 N–H and O–H groups in total. The number of phenols is 1. The molecule has 0 unspecified atom stereocenters. The van der Waals surface area contributed by atoms with Gasteiger partial charge < -0.3 is 14.9 Å². The number of carbonyl (C=O) groups is 1. The average molecular weight is 267 g/mol. The molecule has 0 fully saturated rings. The summed E-state index contributed by atoms with van der Waals surface area (Å²) in [6.45, 7) is 6.34. The van der Waals surface area contributed by atoms with Gasteiger partial charge in [0.1, 0.15) is 0 Å². The molecule has 1 rings (SSSR count). The zero-order chi connectivity index (χ0) is 14.6. The third kappa shape index (κ3) is 4.44. The maximum atomic E-state index is 10.9. The number of hydrogen-bond acceptors (Lipinski definition) is 4. The molecule has 0 saturated heterocycles. The molecule has 106 valence electrons. The summed E-state index contributed by atoms with van der Waals surface area (Å²) in [5.41, 5.74) is 0.634. The van der Waals surface area contributed by atoms with Crippen LogP contribution in [0.2, 0.25) is 0 Å². The summed E-state index contributed by atoms with van der Waals surface area (Å²) >= 11 is 0. The number of carboxylic acid groups (broad SMARTS) is 1. The van der Waals surface area contributed by atoms with Crippen LogP contribution in [-0.2, 0) is 11.3 Å². The van der Waals surface area contributed by atoms with Gasteiger partial charge in [0.15, 0.2) is 11.5 Å². The second kappa shape index (κ2) is 5.93. The standard InChI is InChI=1S/C14H21NO4/c1-14(2,3)15(9-13(17)18)8-10-5-6-11(16)12(7-10)19-4/h5-7,16H,8-9H2,1-4H3,(H,17,18). The molecule has 0 aliphatic rings. The number of phenolic OH excluding ortho intramolecular Hbond substituents is 1. The predicted molar refractivity (Wildman–Crippen MR) is 72.5 cm³/mol. The summed E-state index contributed by atoms with van der Waals surface area (Å²) < 4.78 is 5.05. The highest BCUT2D eigenvalue weighted by Gasteiger charge is 2.23. The number of benzene rings is 1. The molecule has 5 heteroatoms. The Morgan fingerprint density at radius 2 is 2.00 bits per heavy atom. The molecule has 0 radical (unpaired) electrons. The van der Waals surface area contributed by atoms with E-state index in [1.807, 2.05) is 25.7 Å². The van der Waals surface area contributed by atoms with Gasteiger partial charge in [-0.05, 0) is 38.5 Å². The number of ether oxygens (including phenoxy) is 1. The zero-order valence-corrected chi connectivity index (χ0v) is 11.8. The van der Waals surface area contributed by atoms with Crippen LogP contribution in [0.3, 0.4) is 0 Å². The quantitative estimate of drug-likeness (QED) is 0.854. The topological polar surface area (TPSA) is 70.0 Å². The van der Waals surface area contributed by atoms with E-state index in [1.165, 1.54) is 7.11 Å². The Labute approximate surface area is 113 Å². The largest absolute Gasteiger partial charge is 0.504 e. The number of aliphatic carboxylic acids is 1. The lowest BCUT2D eigenvalue weighted by atomic mass is 10.0. The van der Waals surface area contributed by atoms with Crippen molar-refractivity contribution in [1.82, 2.24) is 4.90 Å². The van der Waals surface area contributed by atoms with Crippen LogP contribution in [0.1, 0.15) is 26.3 Å². The van der Waals surface area contributed by atoms with E-state index in [4.69, 9.17) is 9.84 Å². The summed E-state index contributed by atoms with van der Waals surface area (Å²) in [5, 5.41) is 18.5. The predicted octanol–water partition coefficient (Wildman–Crippen LogP) is 2.09. The van der Waals surface area contributed by atoms with Gasteiger partial charge in [-0.1, -0.05) is 6.07 Å². The van der Waals surface area contributed by atoms with Crippen LogP contribution in [0.25, 0.3) is 0 Å². The van der Waals surface area contributed by atoms with Gasteiger partial charge in [0.05, 0.1) is 13.7 Å². The molecule has 0 heterocycles. The van der Waals surface area contributed by atoms with Gasteiger partial charge in [-0.25, -0.2) is 0 Å². The van der Waals surface area contributed by atoms with Crippen molar-refractivity contribution in [2.45, 2.75) is 32.9 Å². The fraction of sp³-hybridized carbons (Fsp3) is 0.500. The fourth-order valence-electron chi connectivity index (χ4n) is 1.73. The van der Waals surface area contributed by atoms with Crippen LogP contribution in [-0.4, -0.2) is 40.3 Å². The van der Waals surface area contributed by atoms with E-state index in [1.54, 1.807) is 18.2 Å². The molecule has 1 aromatic carbocycles. The van der Waals surface area contributed by atoms with E-state index < -0.39 is 5.97 Å². The highest BCUT2D eigenvalue weighted by atomic mass is 16.5. The third-order valence-corrected chi connectivity index (χ3v) is 2.89. The SMILES string of the molecule is COc1cc(CN(CC(=O)O)C(C)(C)C)ccc1O. The lowest BCUT2D eigenvalue weighted by Crippen LogP contribution is -2.43. The van der Waals surface area contributed by atoms with E-state index in [9.17, 15) is 9.90 Å². The van der Waals surface area contributed by atoms with E-state index in [0.29, 0.717) is 12.3 Å². The van der Waals surface area contributed by atoms with Crippen molar-refractivity contribution in [2.75, 3.05) is 13.7 Å². The van der Waals surface area contributed by atoms with Crippen molar-refractivity contribution in [1.29, 1.82) is 0 Å². The summed E-state index contributed by atoms with van der Waals surface area (Å²) in [6, 6.07) is 5.03. The van der Waals surface area contributed by atoms with Crippen LogP contribution >= 0.6 is 0 Å². The lowest BCUT2D eigenvalue weighted by Gasteiger charge is -2.34. The van der Waals surface area contributed by atoms with Crippen LogP contribution in [0.4, 0.5) is 0 Å². The molecule has 0 aliphatic heterocycles. The lowest BCUT2D eigenvalue weighted by molar-refractivity contribution is -0.139. The summed E-state index contributed by atoms with van der Waals surface area (Å²) in [5.74, 6) is -0.394. The van der Waals surface area contributed by atoms with Gasteiger partial charge in [0, 0.05) is 12.1 Å². The number of methoxy groups -OCH3 is 1. The van der Waals surface area contributed by atoms with Crippen LogP contribution in [0.15, 0.2) is 18.2 Å². The first-order valence-corrected chi connectivity index (χ1v) is 6.06. The molecule has 0 aliphatic carbocycles. The van der Waals surface area contributed by atoms with Gasteiger partial charge >= 0.3 is 5.97 Å². The minimum absolute atomic E-state index is 0.0350. The van der Waals surface area contributed by atoms with E-state index in [-0.39, 0.29) is 17.8 Å². The van der Waals surface area contributed by atoms with Gasteiger partial charge in [0.2, 0.25) is 0 Å². The van der Waals surface area contributed by atoms with Gasteiger partial charge in [-0.15, -0.1) is 0 Å². The molecule has 0 bridgehead atoms. The molecule has 0 amide bonds. The fourth-order valence-corrected chi connectivity index (χ4v) is 1.73. The molecule has 5 nitrogen and oxygen atoms in total. The molecule has 0 atom stereocenters. The van der Waals surface area contributed by atoms with Crippen LogP contribution in [0, 0.1) is 0 Å². The minimum atomic E-state index is -0.860. The first kappa shape index (κ1) is 15.3. The third-order valence-electron chi connectivity index (χ3n) is 2.89. The Kier molecular flexibility index (Phi) is 4.78. The minimum Gasteiger partial charge on any atom is -0.504 e. The second-order valence-electron chi connectivity index (χ2n) is 5.43. The van der Waals surface area contributed by atoms with Crippen molar-refractivity contribution in [3.05, 3.63) is 23.8 Å². The number of carboxylic acids is 1. The van der Waals surface area contributed by atoms with Crippen molar-refractivity contribution in [2.24, 2.45) is 0 Å². The Morgan fingerprint density at radius 1 is 1.37 bits per heavy atom. The average Bonchev–Trinajstić information content (AvgIpc) is 2.28. The van der Waals surface area contributed by atoms with Crippen molar-refractivity contribution in [3.63, 3.8) is 0 Å². The van der Waals surface area contributed by atoms with Crippen molar-refractivity contribution in [3.8, 4) is 11.5 Å². The first-order valence-electron chi connectivity index (χ1n) is 6.06. The van der Waals surface area contributed by atoms with Crippen LogP contribution < -0.4 is 4.74 Å². The highest BCUT2D eigenvalue weighted by molar-refractivity contribution is 5.69. The molecule has 0 spiro atoms. The summed E-state index contributed by atoms with van der Waals surface area (Å²) in [4.78, 5) is 12.8. The molecular weight excluding hydrogens is 246 g/mol. The van der Waals surface area contributed by atoms with Crippen molar-refractivity contribution >= 4 is 5.97 Å². The van der Waals surface area contributed by atoms with E-state index in [2.05, 4.69) is 0 Å². The number of nitrogens with zero attached hydrogens (tertiary/aromatic N) is 1. The molecule has 1 aromatic rings. The summed E-state index contributed by atoms with van der Waals surface area (Å²) in [7, 11) is 1.48. The Bertz CT molecular complexity index is 451. The monoisotopic (exact) mass is 267 g/mol. The normalized spacial score (nSPS) is 11.6. The zero-order valence-electron chi connectivity index (χ0n) is 11.8. The molecular formula is C14H21NO4. The molecule has 0 saturated carbocycles. The first-order chi connectivity index (χ1) is 8.74. The Balaban J connectivity index is 2.93. The van der Waals surface area contributed by atoms with Gasteiger partial charge in [-0.2, -0.15) is 0 Å². The van der Waals surface area contributed by atoms with Gasteiger partial charge in [0.25, 0.3) is 0 Å². The number of rotatable bonds is 5. The number of hydrogen-bond donors (Lipinski definition) is 2. The van der Waals surface area contributed by atoms with E-state index in [0.717, 1.165) is 5.56 Å². The highest BCUT2D eigenvalue weighted by Crippen LogP contribution is 2.27. The second-order valence-corrected chi connectivity index (χ2v) is 5.43. The van der Waals surface area contributed by atoms with Crippen molar-refractivity contribution < 1.29 is 19.7 Å². The Morgan fingerprint density at radius 3 is 2.47 bits per heavy atom. The Hall–Kier alpha value is -1.75. The van der Waals surface area contributed by atoms with Crippen LogP contribution in [0.5, 0.6) is 11.5 Å². The maximum Gasteiger partial charge on any atom is 0.317 e. The maximum absolute atomic E-state index is 10.9. The van der Waals surface area contributed by atoms with Gasteiger partial charge in [-0.3, -0.25) is 9.69 Å². The molecule has 19 heavy (non-hydrogen) atoms. The summed E-state index contributed by atoms with van der Waals surface area (Å²) in [6.07, 6.45) is 0. The smallest absolute Gasteiger partial charge is 0.317 e. The number of aromatic hydroxyl groups is 1. The van der Waals surface area contributed by atoms with E-state index >= 15 is 0 Å².